The molecule has 7 heteroatoms. The largest absolute Gasteiger partial charge is 0.419 e. The van der Waals surface area contributed by atoms with Crippen LogP contribution in [0.4, 0.5) is 0 Å². The number of thiazole rings is 1. The molecule has 0 bridgehead atoms. The molecule has 0 aliphatic heterocycles. The third-order valence-electron chi connectivity index (χ3n) is 1.01. The summed E-state index contributed by atoms with van der Waals surface area (Å²) in [5, 5.41) is 0. The second-order valence-electron chi connectivity index (χ2n) is 1.78. The summed E-state index contributed by atoms with van der Waals surface area (Å²) in [5.41, 5.74) is 5.10. The molecule has 0 unspecified atom stereocenters. The molecule has 0 saturated carbocycles. The maximum atomic E-state index is 10.4. The first-order valence-corrected chi connectivity index (χ1v) is 4.65. The van der Waals surface area contributed by atoms with E-state index in [-0.39, 0.29) is 6.73 Å². The number of nitrogens with two attached hydrogens (primary N) is 1. The van der Waals surface area contributed by atoms with Crippen molar-refractivity contribution in [3.8, 4) is 0 Å². The lowest BCUT2D eigenvalue weighted by atomic mass is 10.1. The zero-order chi connectivity index (χ0) is 8.97. The standard InChI is InChI=1S/C5H5BBrN2O2S/c7-4-3(1-10)12-5(9-4)6-11-2-8/h1H,2,8H2. The molecule has 12 heavy (non-hydrogen) atoms. The zero-order valence-electron chi connectivity index (χ0n) is 5.99. The van der Waals surface area contributed by atoms with Gasteiger partial charge in [-0.1, -0.05) is 0 Å². The van der Waals surface area contributed by atoms with E-state index in [0.717, 1.165) is 6.29 Å². The average molecular weight is 248 g/mol. The highest BCUT2D eigenvalue weighted by molar-refractivity contribution is 9.10. The highest BCUT2D eigenvalue weighted by Crippen LogP contribution is 2.14. The van der Waals surface area contributed by atoms with Crippen LogP contribution < -0.4 is 10.6 Å². The van der Waals surface area contributed by atoms with Gasteiger partial charge in [0.2, 0.25) is 0 Å². The Morgan fingerprint density at radius 1 is 1.83 bits per heavy atom. The topological polar surface area (TPSA) is 65.2 Å². The fourth-order valence-electron chi connectivity index (χ4n) is 0.572. The molecule has 0 aliphatic carbocycles. The molecule has 1 aromatic heterocycles. The van der Waals surface area contributed by atoms with Crippen LogP contribution in [0, 0.1) is 0 Å². The van der Waals surface area contributed by atoms with Crippen LogP contribution in [-0.4, -0.2) is 25.5 Å². The predicted octanol–water partition coefficient (Wildman–Crippen LogP) is -0.105. The molecule has 1 rings (SSSR count). The van der Waals surface area contributed by atoms with Crippen LogP contribution in [0.3, 0.4) is 0 Å². The summed E-state index contributed by atoms with van der Waals surface area (Å²) in [7, 11) is 1.42. The number of carbonyl (C=O) groups is 1. The molecule has 0 fully saturated rings. The number of rotatable bonds is 4. The maximum Gasteiger partial charge on any atom is 0.366 e. The second-order valence-corrected chi connectivity index (χ2v) is 3.59. The highest BCUT2D eigenvalue weighted by Gasteiger charge is 2.08. The Labute approximate surface area is 82.5 Å². The number of carbonyl (C=O) groups excluding carboxylic acids is 1. The minimum absolute atomic E-state index is 0.105. The molecule has 1 heterocycles. The molecular formula is C5H5BBrN2O2S. The molecule has 0 aromatic carbocycles. The molecule has 63 valence electrons. The van der Waals surface area contributed by atoms with Gasteiger partial charge in [-0.15, -0.1) is 11.3 Å². The molecule has 0 aliphatic rings. The number of aldehydes is 1. The van der Waals surface area contributed by atoms with Crippen molar-refractivity contribution in [2.24, 2.45) is 5.73 Å². The Bertz CT molecular complexity index is 280. The Morgan fingerprint density at radius 3 is 3.08 bits per heavy atom. The van der Waals surface area contributed by atoms with Gasteiger partial charge in [0.15, 0.2) is 6.29 Å². The first-order valence-electron chi connectivity index (χ1n) is 3.04. The van der Waals surface area contributed by atoms with Gasteiger partial charge in [0.05, 0.1) is 11.6 Å². The van der Waals surface area contributed by atoms with Gasteiger partial charge in [-0.3, -0.25) is 4.79 Å². The van der Waals surface area contributed by atoms with E-state index >= 15 is 0 Å². The molecule has 0 saturated heterocycles. The van der Waals surface area contributed by atoms with Gasteiger partial charge >= 0.3 is 7.48 Å². The fourth-order valence-corrected chi connectivity index (χ4v) is 1.87. The Balaban J connectivity index is 2.68. The van der Waals surface area contributed by atoms with E-state index < -0.39 is 0 Å². The monoisotopic (exact) mass is 247 g/mol. The summed E-state index contributed by atoms with van der Waals surface area (Å²) in [6.45, 7) is 0.105. The minimum Gasteiger partial charge on any atom is -0.419 e. The Kier molecular flexibility index (Phi) is 3.86. The van der Waals surface area contributed by atoms with Crippen molar-refractivity contribution in [1.29, 1.82) is 0 Å². The summed E-state index contributed by atoms with van der Waals surface area (Å²) in [5.74, 6) is 0. The van der Waals surface area contributed by atoms with Crippen molar-refractivity contribution in [2.45, 2.75) is 0 Å². The maximum absolute atomic E-state index is 10.4. The van der Waals surface area contributed by atoms with Crippen LogP contribution in [0.25, 0.3) is 0 Å². The quantitative estimate of drug-likeness (QED) is 0.458. The molecule has 2 N–H and O–H groups in total. The molecule has 1 radical (unpaired) electrons. The van der Waals surface area contributed by atoms with E-state index in [2.05, 4.69) is 20.9 Å². The lowest BCUT2D eigenvalue weighted by Crippen LogP contribution is -2.20. The number of hydrogen-bond acceptors (Lipinski definition) is 5. The summed E-state index contributed by atoms with van der Waals surface area (Å²) < 4.78 is 5.33. The van der Waals surface area contributed by atoms with Crippen molar-refractivity contribution in [3.63, 3.8) is 0 Å². The van der Waals surface area contributed by atoms with Gasteiger partial charge in [0.25, 0.3) is 0 Å². The van der Waals surface area contributed by atoms with Crippen LogP contribution in [0.5, 0.6) is 0 Å². The Hall–Kier alpha value is -0.235. The fraction of sp³-hybridized carbons (Fsp3) is 0.200. The van der Waals surface area contributed by atoms with E-state index in [4.69, 9.17) is 10.4 Å². The smallest absolute Gasteiger partial charge is 0.366 e. The van der Waals surface area contributed by atoms with Crippen molar-refractivity contribution in [3.05, 3.63) is 9.48 Å². The first kappa shape index (κ1) is 9.85. The summed E-state index contributed by atoms with van der Waals surface area (Å²) in [6, 6.07) is 0. The van der Waals surface area contributed by atoms with E-state index in [1.165, 1.54) is 18.8 Å². The molecule has 0 atom stereocenters. The summed E-state index contributed by atoms with van der Waals surface area (Å²) in [4.78, 5) is 15.5. The van der Waals surface area contributed by atoms with Gasteiger partial charge < -0.3 is 10.4 Å². The minimum atomic E-state index is 0.105. The lowest BCUT2D eigenvalue weighted by Gasteiger charge is -1.91. The van der Waals surface area contributed by atoms with Crippen LogP contribution >= 0.6 is 27.3 Å². The van der Waals surface area contributed by atoms with E-state index in [0.29, 0.717) is 14.4 Å². The third kappa shape index (κ3) is 2.38. The number of halogens is 1. The number of nitrogens with zero attached hydrogens (tertiary/aromatic N) is 1. The van der Waals surface area contributed by atoms with Crippen molar-refractivity contribution >= 4 is 45.9 Å². The number of aromatic nitrogens is 1. The van der Waals surface area contributed by atoms with Gasteiger partial charge in [-0.2, -0.15) is 0 Å². The molecule has 1 aromatic rings. The molecule has 4 nitrogen and oxygen atoms in total. The van der Waals surface area contributed by atoms with Gasteiger partial charge in [0.1, 0.15) is 9.48 Å². The van der Waals surface area contributed by atoms with E-state index in [1.54, 1.807) is 0 Å². The summed E-state index contributed by atoms with van der Waals surface area (Å²) >= 11 is 4.37. The number of hydrogen-bond donors (Lipinski definition) is 1. The van der Waals surface area contributed by atoms with E-state index in [1.807, 2.05) is 0 Å². The van der Waals surface area contributed by atoms with Crippen molar-refractivity contribution in [1.82, 2.24) is 4.98 Å². The van der Waals surface area contributed by atoms with Crippen molar-refractivity contribution < 1.29 is 9.45 Å². The zero-order valence-corrected chi connectivity index (χ0v) is 8.39. The molecular weight excluding hydrogens is 243 g/mol. The van der Waals surface area contributed by atoms with Crippen LogP contribution in [-0.2, 0) is 4.65 Å². The van der Waals surface area contributed by atoms with Gasteiger partial charge in [-0.25, -0.2) is 4.98 Å². The van der Waals surface area contributed by atoms with E-state index in [9.17, 15) is 4.79 Å². The predicted molar refractivity (Wildman–Crippen MR) is 50.7 cm³/mol. The molecule has 0 amide bonds. The molecule has 0 spiro atoms. The van der Waals surface area contributed by atoms with Crippen LogP contribution in [0.2, 0.25) is 0 Å². The summed E-state index contributed by atoms with van der Waals surface area (Å²) in [6.07, 6.45) is 0.738. The highest BCUT2D eigenvalue weighted by atomic mass is 79.9. The average Bonchev–Trinajstić information content (AvgIpc) is 2.43. The van der Waals surface area contributed by atoms with Crippen LogP contribution in [0.15, 0.2) is 4.60 Å². The van der Waals surface area contributed by atoms with Crippen molar-refractivity contribution in [2.75, 3.05) is 6.73 Å². The van der Waals surface area contributed by atoms with Gasteiger partial charge in [0, 0.05) is 0 Å². The second kappa shape index (κ2) is 4.71. The first-order chi connectivity index (χ1) is 5.77. The lowest BCUT2D eigenvalue weighted by molar-refractivity contribution is 0.112. The Morgan fingerprint density at radius 2 is 2.58 bits per heavy atom. The normalized spacial score (nSPS) is 9.83. The third-order valence-corrected chi connectivity index (χ3v) is 2.79. The SMILES string of the molecule is NCO[B]c1nc(Br)c(C=O)s1. The van der Waals surface area contributed by atoms with Crippen LogP contribution in [0.1, 0.15) is 9.67 Å². The van der Waals surface area contributed by atoms with Gasteiger partial charge in [-0.05, 0) is 15.9 Å².